The fourth-order valence-corrected chi connectivity index (χ4v) is 1.22. The summed E-state index contributed by atoms with van der Waals surface area (Å²) in [5, 5.41) is 10.5. The van der Waals surface area contributed by atoms with Gasteiger partial charge in [0.1, 0.15) is 0 Å². The van der Waals surface area contributed by atoms with E-state index in [1.54, 1.807) is 12.1 Å². The van der Waals surface area contributed by atoms with Crippen molar-refractivity contribution in [2.45, 2.75) is 12.8 Å². The Balaban J connectivity index is 2.80. The maximum Gasteiger partial charge on any atom is 0.293 e. The Bertz CT molecular complexity index is 364. The minimum Gasteiger partial charge on any atom is -0.467 e. The van der Waals surface area contributed by atoms with Gasteiger partial charge in [-0.3, -0.25) is 14.9 Å². The number of benzene rings is 1. The molecule has 1 unspecified atom stereocenters. The van der Waals surface area contributed by atoms with Gasteiger partial charge in [0.2, 0.25) is 0 Å². The molecule has 0 radical (unpaired) electrons. The minimum absolute atomic E-state index is 0.0462. The fourth-order valence-electron chi connectivity index (χ4n) is 1.22. The minimum atomic E-state index is -0.448. The number of non-ortho nitro benzene ring substituents is 1. The topological polar surface area (TPSA) is 69.4 Å². The van der Waals surface area contributed by atoms with E-state index in [4.69, 9.17) is 0 Å². The van der Waals surface area contributed by atoms with Crippen molar-refractivity contribution in [3.8, 4) is 0 Å². The monoisotopic (exact) mass is 209 g/mol. The second kappa shape index (κ2) is 5.09. The number of ether oxygens (including phenoxy) is 1. The van der Waals surface area contributed by atoms with Gasteiger partial charge in [-0.2, -0.15) is 0 Å². The van der Waals surface area contributed by atoms with Crippen molar-refractivity contribution >= 4 is 12.2 Å². The van der Waals surface area contributed by atoms with Crippen molar-refractivity contribution < 1.29 is 14.5 Å². The van der Waals surface area contributed by atoms with Gasteiger partial charge in [0, 0.05) is 18.1 Å². The van der Waals surface area contributed by atoms with Crippen molar-refractivity contribution in [1.29, 1.82) is 0 Å². The molecular formula is C10H11NO4. The summed E-state index contributed by atoms with van der Waals surface area (Å²) in [4.78, 5) is 20.0. The molecule has 0 saturated carbocycles. The van der Waals surface area contributed by atoms with Crippen LogP contribution in [0.3, 0.4) is 0 Å². The Morgan fingerprint density at radius 3 is 2.93 bits per heavy atom. The Kier molecular flexibility index (Phi) is 3.79. The zero-order valence-corrected chi connectivity index (χ0v) is 8.25. The van der Waals surface area contributed by atoms with Crippen molar-refractivity contribution in [3.05, 3.63) is 39.9 Å². The molecule has 5 heteroatoms. The fraction of sp³-hybridized carbons (Fsp3) is 0.300. The van der Waals surface area contributed by atoms with E-state index in [-0.39, 0.29) is 18.2 Å². The van der Waals surface area contributed by atoms with Crippen LogP contribution in [0, 0.1) is 10.1 Å². The van der Waals surface area contributed by atoms with Crippen LogP contribution in [0.5, 0.6) is 0 Å². The summed E-state index contributed by atoms with van der Waals surface area (Å²) >= 11 is 0. The molecule has 5 nitrogen and oxygen atoms in total. The van der Waals surface area contributed by atoms with Gasteiger partial charge in [-0.1, -0.05) is 19.1 Å². The maximum atomic E-state index is 10.5. The first kappa shape index (κ1) is 11.2. The summed E-state index contributed by atoms with van der Waals surface area (Å²) in [7, 11) is 0. The average molecular weight is 209 g/mol. The number of nitro groups is 1. The van der Waals surface area contributed by atoms with E-state index in [1.165, 1.54) is 12.1 Å². The Labute approximate surface area is 86.8 Å². The largest absolute Gasteiger partial charge is 0.467 e. The molecule has 1 aromatic rings. The molecule has 0 amide bonds. The van der Waals surface area contributed by atoms with Crippen LogP contribution in [-0.2, 0) is 9.53 Å². The molecule has 0 spiro atoms. The van der Waals surface area contributed by atoms with Gasteiger partial charge >= 0.3 is 0 Å². The summed E-state index contributed by atoms with van der Waals surface area (Å²) in [6, 6.07) is 6.30. The molecule has 1 aromatic carbocycles. The van der Waals surface area contributed by atoms with E-state index < -0.39 is 4.92 Å². The van der Waals surface area contributed by atoms with Crippen LogP contribution in [0.2, 0.25) is 0 Å². The van der Waals surface area contributed by atoms with Gasteiger partial charge in [0.25, 0.3) is 12.2 Å². The van der Waals surface area contributed by atoms with Crippen molar-refractivity contribution in [3.63, 3.8) is 0 Å². The summed E-state index contributed by atoms with van der Waals surface area (Å²) in [5.74, 6) is -0.0462. The van der Waals surface area contributed by atoms with Gasteiger partial charge < -0.3 is 4.74 Å². The first-order chi connectivity index (χ1) is 7.15. The summed E-state index contributed by atoms with van der Waals surface area (Å²) < 4.78 is 4.60. The highest BCUT2D eigenvalue weighted by Crippen LogP contribution is 2.20. The Morgan fingerprint density at radius 1 is 1.60 bits per heavy atom. The van der Waals surface area contributed by atoms with E-state index in [1.807, 2.05) is 6.92 Å². The van der Waals surface area contributed by atoms with Crippen LogP contribution in [0.25, 0.3) is 0 Å². The highest BCUT2D eigenvalue weighted by atomic mass is 16.6. The molecule has 0 bridgehead atoms. The third-order valence-corrected chi connectivity index (χ3v) is 2.06. The number of nitro benzene ring substituents is 1. The van der Waals surface area contributed by atoms with Crippen molar-refractivity contribution in [1.82, 2.24) is 0 Å². The molecule has 0 aromatic heterocycles. The van der Waals surface area contributed by atoms with Crippen LogP contribution < -0.4 is 0 Å². The zero-order valence-electron chi connectivity index (χ0n) is 8.25. The first-order valence-corrected chi connectivity index (χ1v) is 4.44. The van der Waals surface area contributed by atoms with Crippen molar-refractivity contribution in [2.75, 3.05) is 6.61 Å². The summed E-state index contributed by atoms with van der Waals surface area (Å²) in [6.07, 6.45) is 0. The van der Waals surface area contributed by atoms with E-state index >= 15 is 0 Å². The van der Waals surface area contributed by atoms with Gasteiger partial charge in [-0.15, -0.1) is 0 Å². The number of carbonyl (C=O) groups excluding carboxylic acids is 1. The van der Waals surface area contributed by atoms with E-state index in [0.29, 0.717) is 6.47 Å². The third-order valence-electron chi connectivity index (χ3n) is 2.06. The average Bonchev–Trinajstić information content (AvgIpc) is 2.26. The lowest BCUT2D eigenvalue weighted by Gasteiger charge is -2.09. The predicted molar refractivity (Wildman–Crippen MR) is 53.5 cm³/mol. The number of carbonyl (C=O) groups is 1. The van der Waals surface area contributed by atoms with Gasteiger partial charge in [-0.05, 0) is 5.56 Å². The molecule has 0 N–H and O–H groups in total. The molecule has 0 fully saturated rings. The number of nitrogens with zero attached hydrogens (tertiary/aromatic N) is 1. The summed E-state index contributed by atoms with van der Waals surface area (Å²) in [5.41, 5.74) is 0.830. The van der Waals surface area contributed by atoms with E-state index in [0.717, 1.165) is 5.56 Å². The molecule has 1 rings (SSSR count). The molecule has 0 aliphatic carbocycles. The molecule has 0 saturated heterocycles. The lowest BCUT2D eigenvalue weighted by Crippen LogP contribution is -2.03. The molecule has 80 valence electrons. The normalized spacial score (nSPS) is 11.8. The molecule has 0 aliphatic heterocycles. The highest BCUT2D eigenvalue weighted by Gasteiger charge is 2.10. The van der Waals surface area contributed by atoms with E-state index in [2.05, 4.69) is 4.74 Å². The first-order valence-electron chi connectivity index (χ1n) is 4.44. The zero-order chi connectivity index (χ0) is 11.3. The number of hydrogen-bond acceptors (Lipinski definition) is 4. The van der Waals surface area contributed by atoms with Gasteiger partial charge in [0.15, 0.2) is 0 Å². The Hall–Kier alpha value is -1.91. The lowest BCUT2D eigenvalue weighted by atomic mass is 10.0. The van der Waals surface area contributed by atoms with Crippen LogP contribution >= 0.6 is 0 Å². The second-order valence-corrected chi connectivity index (χ2v) is 3.18. The number of hydrogen-bond donors (Lipinski definition) is 0. The van der Waals surface area contributed by atoms with Gasteiger partial charge in [-0.25, -0.2) is 0 Å². The maximum absolute atomic E-state index is 10.5. The van der Waals surface area contributed by atoms with Crippen molar-refractivity contribution in [2.24, 2.45) is 0 Å². The lowest BCUT2D eigenvalue weighted by molar-refractivity contribution is -0.384. The van der Waals surface area contributed by atoms with Crippen LogP contribution in [0.15, 0.2) is 24.3 Å². The Morgan fingerprint density at radius 2 is 2.33 bits per heavy atom. The van der Waals surface area contributed by atoms with Crippen LogP contribution in [-0.4, -0.2) is 18.0 Å². The van der Waals surface area contributed by atoms with Gasteiger partial charge in [0.05, 0.1) is 11.5 Å². The molecule has 15 heavy (non-hydrogen) atoms. The molecule has 0 aliphatic rings. The highest BCUT2D eigenvalue weighted by molar-refractivity contribution is 5.38. The SMILES string of the molecule is CC(COC=O)c1cccc([N+](=O)[O-])c1. The second-order valence-electron chi connectivity index (χ2n) is 3.18. The molecular weight excluding hydrogens is 198 g/mol. The van der Waals surface area contributed by atoms with Crippen LogP contribution in [0.1, 0.15) is 18.4 Å². The smallest absolute Gasteiger partial charge is 0.293 e. The number of rotatable bonds is 5. The molecule has 0 heterocycles. The molecule has 1 atom stereocenters. The standard InChI is InChI=1S/C10H11NO4/c1-8(6-15-7-12)9-3-2-4-10(5-9)11(13)14/h2-5,7-8H,6H2,1H3. The quantitative estimate of drug-likeness (QED) is 0.421. The summed E-state index contributed by atoms with van der Waals surface area (Å²) in [6.45, 7) is 2.43. The third kappa shape index (κ3) is 3.05. The van der Waals surface area contributed by atoms with E-state index in [9.17, 15) is 14.9 Å². The predicted octanol–water partition coefficient (Wildman–Crippen LogP) is 1.87. The van der Waals surface area contributed by atoms with Crippen LogP contribution in [0.4, 0.5) is 5.69 Å².